The van der Waals surface area contributed by atoms with Gasteiger partial charge >= 0.3 is 5.97 Å². The van der Waals surface area contributed by atoms with Gasteiger partial charge in [-0.2, -0.15) is 0 Å². The maximum absolute atomic E-state index is 14.9. The molecule has 6 bridgehead atoms. The van der Waals surface area contributed by atoms with E-state index in [0.717, 1.165) is 57.8 Å². The van der Waals surface area contributed by atoms with E-state index in [0.29, 0.717) is 63.7 Å². The van der Waals surface area contributed by atoms with Crippen LogP contribution in [0.4, 0.5) is 0 Å². The van der Waals surface area contributed by atoms with Gasteiger partial charge in [0.25, 0.3) is 5.91 Å². The van der Waals surface area contributed by atoms with Gasteiger partial charge < -0.3 is 28.8 Å². The largest absolute Gasteiger partial charge is 0.464 e. The van der Waals surface area contributed by atoms with E-state index >= 15 is 0 Å². The second kappa shape index (κ2) is 18.2. The monoisotopic (exact) mass is 855 g/mol. The highest BCUT2D eigenvalue weighted by Crippen LogP contribution is 2.46. The smallest absolute Gasteiger partial charge is 0.324 e. The van der Waals surface area contributed by atoms with E-state index < -0.39 is 29.6 Å². The standard InChI is InChI=1S/C46H61N7O7S/c1-8-52-36-14-13-30-23-32(36)33(40(52)31-11-9-15-47-38(31)29(4)57-7)24-46(5,6)26-60-45(56)34-12-10-16-53(50-34)44(55)39(49-42(54)37-27(2)28(37)3)41(43-48-35(30)25-61-43)59-22-19-51-17-20-58-21-18-51/h9,11,13-15,23,25,27-29,34,37,39,41,50H,8,10,12,16-22,24,26H2,1-7H3,(H,49,54)/t27-,28+,29-,34-,37+,39-,41-/m0/s1. The number of thiazole rings is 1. The number of nitrogens with one attached hydrogen (secondary N) is 2. The fraction of sp³-hybridized carbons (Fsp3) is 0.587. The maximum Gasteiger partial charge on any atom is 0.324 e. The Kier molecular flexibility index (Phi) is 13.0. The molecule has 3 aliphatic heterocycles. The molecule has 0 radical (unpaired) electrons. The number of benzene rings is 1. The molecule has 4 aliphatic rings. The number of hydrazine groups is 1. The Morgan fingerprint density at radius 1 is 1.13 bits per heavy atom. The van der Waals surface area contributed by atoms with Crippen molar-refractivity contribution in [2.75, 3.05) is 59.7 Å². The predicted molar refractivity (Wildman–Crippen MR) is 233 cm³/mol. The van der Waals surface area contributed by atoms with Crippen molar-refractivity contribution in [2.24, 2.45) is 23.2 Å². The van der Waals surface area contributed by atoms with Crippen molar-refractivity contribution in [3.8, 4) is 22.5 Å². The average molecular weight is 856 g/mol. The Balaban J connectivity index is 1.26. The van der Waals surface area contributed by atoms with Gasteiger partial charge in [0.15, 0.2) is 0 Å². The lowest BCUT2D eigenvalue weighted by Gasteiger charge is -2.37. The molecule has 328 valence electrons. The van der Waals surface area contributed by atoms with Crippen LogP contribution in [0.25, 0.3) is 33.4 Å². The van der Waals surface area contributed by atoms with Crippen LogP contribution >= 0.6 is 11.3 Å². The minimum Gasteiger partial charge on any atom is -0.464 e. The Morgan fingerprint density at radius 3 is 2.66 bits per heavy atom. The number of amides is 2. The second-order valence-electron chi connectivity index (χ2n) is 17.9. The zero-order chi connectivity index (χ0) is 43.0. The third-order valence-corrected chi connectivity index (χ3v) is 14.1. The molecular weight excluding hydrogens is 795 g/mol. The van der Waals surface area contributed by atoms with Gasteiger partial charge in [-0.15, -0.1) is 11.3 Å². The number of hydrogen-bond donors (Lipinski definition) is 2. The molecule has 1 aromatic carbocycles. The van der Waals surface area contributed by atoms with Gasteiger partial charge in [-0.3, -0.25) is 29.3 Å². The zero-order valence-electron chi connectivity index (χ0n) is 36.6. The Bertz CT molecular complexity index is 2230. The van der Waals surface area contributed by atoms with Crippen LogP contribution in [-0.4, -0.2) is 114 Å². The SMILES string of the molecule is CCn1c(-c2cccnc2[C@H](C)OC)c2c3cc(ccc31)-c1csc(n1)[C@@H](OCCN1CCOCC1)[C@H](NC(=O)[C@H]1[C@H](C)[C@@H]1C)C(=O)N1CCC[C@H](N1)C(=O)OCC(C)(C)C2. The highest BCUT2D eigenvalue weighted by molar-refractivity contribution is 7.10. The summed E-state index contributed by atoms with van der Waals surface area (Å²) in [5.41, 5.74) is 9.49. The summed E-state index contributed by atoms with van der Waals surface area (Å²) in [5.74, 6) is -0.775. The molecule has 15 heteroatoms. The van der Waals surface area contributed by atoms with Crippen LogP contribution in [-0.2, 0) is 46.3 Å². The average Bonchev–Trinajstić information content (AvgIpc) is 3.54. The Hall–Kier alpha value is -4.25. The van der Waals surface area contributed by atoms with E-state index in [1.54, 1.807) is 13.3 Å². The number of hydrogen-bond acceptors (Lipinski definition) is 12. The van der Waals surface area contributed by atoms with Gasteiger partial charge in [-0.25, -0.2) is 10.4 Å². The molecule has 1 aliphatic carbocycles. The first-order valence-electron chi connectivity index (χ1n) is 21.9. The normalized spacial score (nSPS) is 26.4. The lowest BCUT2D eigenvalue weighted by molar-refractivity contribution is -0.157. The fourth-order valence-electron chi connectivity index (χ4n) is 9.28. The summed E-state index contributed by atoms with van der Waals surface area (Å²) in [5, 5.41) is 8.30. The molecule has 14 nitrogen and oxygen atoms in total. The number of carbonyl (C=O) groups excluding carboxylic acids is 3. The molecule has 61 heavy (non-hydrogen) atoms. The van der Waals surface area contributed by atoms with E-state index in [1.165, 1.54) is 16.3 Å². The third kappa shape index (κ3) is 9.00. The second-order valence-corrected chi connectivity index (χ2v) is 18.8. The number of esters is 1. The molecule has 4 aromatic rings. The van der Waals surface area contributed by atoms with E-state index in [1.807, 2.05) is 18.4 Å². The van der Waals surface area contributed by atoms with Gasteiger partial charge in [0, 0.05) is 84.8 Å². The first kappa shape index (κ1) is 43.4. The quantitative estimate of drug-likeness (QED) is 0.182. The van der Waals surface area contributed by atoms with Crippen LogP contribution in [0.3, 0.4) is 0 Å². The van der Waals surface area contributed by atoms with Crippen LogP contribution in [0, 0.1) is 23.2 Å². The third-order valence-electron chi connectivity index (χ3n) is 13.2. The van der Waals surface area contributed by atoms with E-state index in [4.69, 9.17) is 28.9 Å². The molecule has 1 saturated carbocycles. The zero-order valence-corrected chi connectivity index (χ0v) is 37.4. The highest BCUT2D eigenvalue weighted by Gasteiger charge is 2.50. The number of rotatable bonds is 10. The molecule has 6 heterocycles. The minimum atomic E-state index is -1.10. The summed E-state index contributed by atoms with van der Waals surface area (Å²) in [6.07, 6.45) is 2.35. The van der Waals surface area contributed by atoms with Crippen molar-refractivity contribution in [1.82, 2.24) is 35.2 Å². The molecule has 2 amide bonds. The van der Waals surface area contributed by atoms with Crippen LogP contribution in [0.1, 0.15) is 82.9 Å². The van der Waals surface area contributed by atoms with Crippen LogP contribution in [0.15, 0.2) is 41.9 Å². The molecule has 3 fully saturated rings. The predicted octanol–water partition coefficient (Wildman–Crippen LogP) is 5.95. The highest BCUT2D eigenvalue weighted by atomic mass is 32.1. The van der Waals surface area contributed by atoms with Crippen LogP contribution < -0.4 is 10.7 Å². The minimum absolute atomic E-state index is 0.162. The summed E-state index contributed by atoms with van der Waals surface area (Å²) >= 11 is 1.42. The fourth-order valence-corrected chi connectivity index (χ4v) is 10.2. The molecule has 0 spiro atoms. The maximum atomic E-state index is 14.9. The lowest BCUT2D eigenvalue weighted by Crippen LogP contribution is -2.61. The molecule has 3 aromatic heterocycles. The number of pyridine rings is 1. The van der Waals surface area contributed by atoms with Crippen LogP contribution in [0.2, 0.25) is 0 Å². The summed E-state index contributed by atoms with van der Waals surface area (Å²) in [4.78, 5) is 55.0. The number of cyclic esters (lactones) is 1. The molecule has 7 atom stereocenters. The number of fused-ring (bicyclic) bond motifs is 6. The topological polar surface area (TPSA) is 149 Å². The number of ether oxygens (including phenoxy) is 4. The molecule has 2 N–H and O–H groups in total. The van der Waals surface area contributed by atoms with Gasteiger partial charge in [0.1, 0.15) is 23.2 Å². The van der Waals surface area contributed by atoms with E-state index in [-0.39, 0.29) is 42.3 Å². The summed E-state index contributed by atoms with van der Waals surface area (Å²) in [6, 6.07) is 8.69. The van der Waals surface area contributed by atoms with E-state index in [2.05, 4.69) is 79.1 Å². The summed E-state index contributed by atoms with van der Waals surface area (Å²) < 4.78 is 26.6. The number of aromatic nitrogens is 3. The first-order valence-corrected chi connectivity index (χ1v) is 22.8. The number of nitrogens with zero attached hydrogens (tertiary/aromatic N) is 5. The number of aryl methyl sites for hydroxylation is 1. The molecule has 8 rings (SSSR count). The van der Waals surface area contributed by atoms with Crippen LogP contribution in [0.5, 0.6) is 0 Å². The number of morpholine rings is 1. The summed E-state index contributed by atoms with van der Waals surface area (Å²) in [6.45, 7) is 17.6. The van der Waals surface area contributed by atoms with Crippen molar-refractivity contribution in [1.29, 1.82) is 0 Å². The Labute approximate surface area is 362 Å². The number of carbonyl (C=O) groups is 3. The van der Waals surface area contributed by atoms with Gasteiger partial charge in [-0.1, -0.05) is 33.8 Å². The number of methoxy groups -OCH3 is 1. The van der Waals surface area contributed by atoms with Crippen molar-refractivity contribution in [3.63, 3.8) is 0 Å². The van der Waals surface area contributed by atoms with E-state index in [9.17, 15) is 14.4 Å². The lowest BCUT2D eigenvalue weighted by atomic mass is 9.84. The van der Waals surface area contributed by atoms with Gasteiger partial charge in [-0.05, 0) is 74.8 Å². The van der Waals surface area contributed by atoms with Crippen molar-refractivity contribution >= 4 is 40.0 Å². The van der Waals surface area contributed by atoms with Crippen molar-refractivity contribution in [2.45, 2.75) is 91.6 Å². The molecule has 2 saturated heterocycles. The van der Waals surface area contributed by atoms with Crippen molar-refractivity contribution in [3.05, 3.63) is 58.2 Å². The first-order chi connectivity index (χ1) is 29.4. The van der Waals surface area contributed by atoms with Crippen molar-refractivity contribution < 1.29 is 33.3 Å². The molecule has 0 unspecified atom stereocenters. The van der Waals surface area contributed by atoms with Gasteiger partial charge in [0.2, 0.25) is 5.91 Å². The Morgan fingerprint density at radius 2 is 1.92 bits per heavy atom. The summed E-state index contributed by atoms with van der Waals surface area (Å²) in [7, 11) is 1.70. The molecular formula is C46H61N7O7S. The van der Waals surface area contributed by atoms with Gasteiger partial charge in [0.05, 0.1) is 49.6 Å².